The standard InChI is InChI=1S/C13H16BrFN2O3S/c14-9-6-10(12(15)11(7-9)21(16,19)20)13(18)17-5-1-2-8-3-4-8/h6-8H,1-5H2,(H,17,18)(H2,16,19,20). The second-order valence-electron chi connectivity index (χ2n) is 5.15. The summed E-state index contributed by atoms with van der Waals surface area (Å²) < 4.78 is 37.0. The van der Waals surface area contributed by atoms with Gasteiger partial charge in [0, 0.05) is 11.0 Å². The molecule has 116 valence electrons. The van der Waals surface area contributed by atoms with E-state index in [0.29, 0.717) is 6.54 Å². The molecule has 1 aliphatic rings. The first kappa shape index (κ1) is 16.4. The second kappa shape index (κ2) is 6.41. The number of carbonyl (C=O) groups excluding carboxylic acids is 1. The molecule has 0 heterocycles. The molecule has 0 aliphatic heterocycles. The summed E-state index contributed by atoms with van der Waals surface area (Å²) in [4.78, 5) is 11.3. The Morgan fingerprint density at radius 3 is 2.67 bits per heavy atom. The Bertz CT molecular complexity index is 660. The summed E-state index contributed by atoms with van der Waals surface area (Å²) in [6.07, 6.45) is 4.36. The summed E-state index contributed by atoms with van der Waals surface area (Å²) in [6, 6.07) is 2.27. The highest BCUT2D eigenvalue weighted by atomic mass is 79.9. The SMILES string of the molecule is NS(=O)(=O)c1cc(Br)cc(C(=O)NCCCC2CC2)c1F. The van der Waals surface area contributed by atoms with Crippen molar-refractivity contribution in [3.05, 3.63) is 28.0 Å². The van der Waals surface area contributed by atoms with Gasteiger partial charge in [-0.3, -0.25) is 4.79 Å². The zero-order chi connectivity index (χ0) is 15.6. The number of nitrogens with two attached hydrogens (primary N) is 1. The Hall–Kier alpha value is -0.990. The van der Waals surface area contributed by atoms with Crippen molar-refractivity contribution in [3.63, 3.8) is 0 Å². The molecular weight excluding hydrogens is 363 g/mol. The van der Waals surface area contributed by atoms with E-state index >= 15 is 0 Å². The molecule has 0 unspecified atom stereocenters. The number of nitrogens with one attached hydrogen (secondary N) is 1. The molecular formula is C13H16BrFN2O3S. The van der Waals surface area contributed by atoms with Crippen LogP contribution < -0.4 is 10.5 Å². The molecule has 0 saturated heterocycles. The molecule has 0 atom stereocenters. The number of primary sulfonamides is 1. The first-order chi connectivity index (χ1) is 9.79. The number of benzene rings is 1. The highest BCUT2D eigenvalue weighted by molar-refractivity contribution is 9.10. The van der Waals surface area contributed by atoms with Crippen LogP contribution in [0.3, 0.4) is 0 Å². The van der Waals surface area contributed by atoms with Crippen molar-refractivity contribution >= 4 is 31.9 Å². The summed E-state index contributed by atoms with van der Waals surface area (Å²) in [5.41, 5.74) is -0.333. The lowest BCUT2D eigenvalue weighted by atomic mass is 10.2. The average molecular weight is 379 g/mol. The van der Waals surface area contributed by atoms with E-state index in [-0.39, 0.29) is 10.0 Å². The molecule has 0 radical (unpaired) electrons. The molecule has 8 heteroatoms. The number of carbonyl (C=O) groups is 1. The van der Waals surface area contributed by atoms with E-state index in [0.717, 1.165) is 24.8 Å². The number of amides is 1. The molecule has 1 fully saturated rings. The summed E-state index contributed by atoms with van der Waals surface area (Å²) >= 11 is 3.05. The van der Waals surface area contributed by atoms with Crippen LogP contribution in [0.15, 0.2) is 21.5 Å². The lowest BCUT2D eigenvalue weighted by Crippen LogP contribution is -2.26. The summed E-state index contributed by atoms with van der Waals surface area (Å²) in [5.74, 6) is -1.01. The Balaban J connectivity index is 2.10. The van der Waals surface area contributed by atoms with Crippen LogP contribution in [0, 0.1) is 11.7 Å². The molecule has 2 rings (SSSR count). The molecule has 1 aromatic carbocycles. The van der Waals surface area contributed by atoms with Gasteiger partial charge in [-0.2, -0.15) is 0 Å². The van der Waals surface area contributed by atoms with E-state index in [1.807, 2.05) is 0 Å². The highest BCUT2D eigenvalue weighted by Crippen LogP contribution is 2.33. The van der Waals surface area contributed by atoms with Crippen molar-refractivity contribution in [1.29, 1.82) is 0 Å². The number of rotatable bonds is 6. The van der Waals surface area contributed by atoms with E-state index < -0.39 is 26.6 Å². The maximum atomic E-state index is 14.1. The Kier molecular flexibility index (Phi) is 5.00. The zero-order valence-electron chi connectivity index (χ0n) is 11.2. The normalized spacial score (nSPS) is 15.0. The van der Waals surface area contributed by atoms with E-state index in [1.165, 1.54) is 18.9 Å². The van der Waals surface area contributed by atoms with Crippen LogP contribution in [0.1, 0.15) is 36.0 Å². The predicted molar refractivity (Wildman–Crippen MR) is 79.8 cm³/mol. The fourth-order valence-corrected chi connectivity index (χ4v) is 3.29. The van der Waals surface area contributed by atoms with Gasteiger partial charge >= 0.3 is 0 Å². The fourth-order valence-electron chi connectivity index (χ4n) is 2.03. The molecule has 5 nitrogen and oxygen atoms in total. The topological polar surface area (TPSA) is 89.3 Å². The maximum absolute atomic E-state index is 14.1. The van der Waals surface area contributed by atoms with Crippen LogP contribution in [0.4, 0.5) is 4.39 Å². The third-order valence-electron chi connectivity index (χ3n) is 3.33. The van der Waals surface area contributed by atoms with Crippen molar-refractivity contribution in [2.45, 2.75) is 30.6 Å². The van der Waals surface area contributed by atoms with E-state index in [4.69, 9.17) is 5.14 Å². The van der Waals surface area contributed by atoms with Crippen molar-refractivity contribution in [2.75, 3.05) is 6.54 Å². The van der Waals surface area contributed by atoms with Crippen LogP contribution >= 0.6 is 15.9 Å². The minimum Gasteiger partial charge on any atom is -0.352 e. The van der Waals surface area contributed by atoms with Gasteiger partial charge in [-0.1, -0.05) is 28.8 Å². The van der Waals surface area contributed by atoms with Gasteiger partial charge in [0.05, 0.1) is 5.56 Å². The number of halogens is 2. The lowest BCUT2D eigenvalue weighted by Gasteiger charge is -2.09. The van der Waals surface area contributed by atoms with Crippen LogP contribution in [0.5, 0.6) is 0 Å². The average Bonchev–Trinajstić information content (AvgIpc) is 3.19. The fraction of sp³-hybridized carbons (Fsp3) is 0.462. The van der Waals surface area contributed by atoms with Gasteiger partial charge in [-0.15, -0.1) is 0 Å². The predicted octanol–water partition coefficient (Wildman–Crippen LogP) is 2.16. The highest BCUT2D eigenvalue weighted by Gasteiger charge is 2.23. The van der Waals surface area contributed by atoms with Crippen LogP contribution in [0.25, 0.3) is 0 Å². The summed E-state index contributed by atoms with van der Waals surface area (Å²) in [5, 5.41) is 7.53. The molecule has 1 aliphatic carbocycles. The Labute approximate surface area is 131 Å². The quantitative estimate of drug-likeness (QED) is 0.743. The van der Waals surface area contributed by atoms with E-state index in [1.54, 1.807) is 0 Å². The van der Waals surface area contributed by atoms with E-state index in [2.05, 4.69) is 21.2 Å². The largest absolute Gasteiger partial charge is 0.352 e. The summed E-state index contributed by atoms with van der Waals surface area (Å²) in [7, 11) is -4.23. The molecule has 0 bridgehead atoms. The van der Waals surface area contributed by atoms with Gasteiger partial charge < -0.3 is 5.32 Å². The van der Waals surface area contributed by atoms with Crippen molar-refractivity contribution in [3.8, 4) is 0 Å². The van der Waals surface area contributed by atoms with Gasteiger partial charge in [-0.25, -0.2) is 17.9 Å². The number of hydrogen-bond acceptors (Lipinski definition) is 3. The number of hydrogen-bond donors (Lipinski definition) is 2. The minimum absolute atomic E-state index is 0.274. The smallest absolute Gasteiger partial charge is 0.254 e. The van der Waals surface area contributed by atoms with Gasteiger partial charge in [0.1, 0.15) is 4.90 Å². The zero-order valence-corrected chi connectivity index (χ0v) is 13.6. The molecule has 1 amide bonds. The lowest BCUT2D eigenvalue weighted by molar-refractivity contribution is 0.0948. The van der Waals surface area contributed by atoms with Gasteiger partial charge in [-0.05, 0) is 30.9 Å². The molecule has 1 aromatic rings. The molecule has 1 saturated carbocycles. The minimum atomic E-state index is -4.23. The number of sulfonamides is 1. The Morgan fingerprint density at radius 1 is 1.43 bits per heavy atom. The monoisotopic (exact) mass is 378 g/mol. The molecule has 0 spiro atoms. The third kappa shape index (κ3) is 4.49. The van der Waals surface area contributed by atoms with Gasteiger partial charge in [0.2, 0.25) is 10.0 Å². The van der Waals surface area contributed by atoms with Crippen LogP contribution in [-0.2, 0) is 10.0 Å². The summed E-state index contributed by atoms with van der Waals surface area (Å²) in [6.45, 7) is 0.437. The van der Waals surface area contributed by atoms with Crippen molar-refractivity contribution < 1.29 is 17.6 Å². The van der Waals surface area contributed by atoms with Gasteiger partial charge in [0.15, 0.2) is 5.82 Å². The first-order valence-electron chi connectivity index (χ1n) is 6.59. The van der Waals surface area contributed by atoms with Crippen molar-refractivity contribution in [2.24, 2.45) is 11.1 Å². The second-order valence-corrected chi connectivity index (χ2v) is 7.60. The van der Waals surface area contributed by atoms with Crippen LogP contribution in [-0.4, -0.2) is 20.9 Å². The first-order valence-corrected chi connectivity index (χ1v) is 8.93. The Morgan fingerprint density at radius 2 is 2.10 bits per heavy atom. The van der Waals surface area contributed by atoms with Crippen LogP contribution in [0.2, 0.25) is 0 Å². The molecule has 0 aromatic heterocycles. The molecule has 21 heavy (non-hydrogen) atoms. The van der Waals surface area contributed by atoms with Gasteiger partial charge in [0.25, 0.3) is 5.91 Å². The molecule has 3 N–H and O–H groups in total. The maximum Gasteiger partial charge on any atom is 0.254 e. The third-order valence-corrected chi connectivity index (χ3v) is 4.69. The van der Waals surface area contributed by atoms with E-state index in [9.17, 15) is 17.6 Å². The van der Waals surface area contributed by atoms with Crippen molar-refractivity contribution in [1.82, 2.24) is 5.32 Å².